The molecule has 3 rings (SSSR count). The third-order valence-electron chi connectivity index (χ3n) is 4.75. The summed E-state index contributed by atoms with van der Waals surface area (Å²) in [5, 5.41) is 2.54. The van der Waals surface area contributed by atoms with E-state index in [0.29, 0.717) is 5.56 Å². The molecule has 4 atom stereocenters. The molecule has 0 radical (unpaired) electrons. The predicted octanol–water partition coefficient (Wildman–Crippen LogP) is 4.00. The van der Waals surface area contributed by atoms with Crippen LogP contribution in [0.25, 0.3) is 0 Å². The van der Waals surface area contributed by atoms with Crippen molar-refractivity contribution in [2.45, 2.75) is 69.9 Å². The summed E-state index contributed by atoms with van der Waals surface area (Å²) in [4.78, 5) is 12.0. The monoisotopic (exact) mass is 373 g/mol. The van der Waals surface area contributed by atoms with Crippen molar-refractivity contribution in [1.82, 2.24) is 5.32 Å². The van der Waals surface area contributed by atoms with Gasteiger partial charge in [-0.25, -0.2) is 4.79 Å². The SMILES string of the molecule is CC(OC(=O)NCc1ccc(C(F)(F)F)cc1)C1O[C@@]2(C)CCCC1O2. The maximum atomic E-state index is 12.5. The largest absolute Gasteiger partial charge is 0.444 e. The van der Waals surface area contributed by atoms with Gasteiger partial charge in [0.25, 0.3) is 0 Å². The van der Waals surface area contributed by atoms with Gasteiger partial charge in [-0.15, -0.1) is 0 Å². The van der Waals surface area contributed by atoms with Crippen LogP contribution in [0.5, 0.6) is 0 Å². The Labute approximate surface area is 149 Å². The molecule has 2 saturated heterocycles. The number of hydrogen-bond acceptors (Lipinski definition) is 4. The molecule has 1 N–H and O–H groups in total. The number of carbonyl (C=O) groups excluding carboxylic acids is 1. The van der Waals surface area contributed by atoms with Crippen molar-refractivity contribution in [1.29, 1.82) is 0 Å². The van der Waals surface area contributed by atoms with Crippen LogP contribution >= 0.6 is 0 Å². The Morgan fingerprint density at radius 1 is 1.35 bits per heavy atom. The number of fused-ring (bicyclic) bond motifs is 2. The lowest BCUT2D eigenvalue weighted by Gasteiger charge is -2.26. The smallest absolute Gasteiger partial charge is 0.416 e. The van der Waals surface area contributed by atoms with Crippen molar-refractivity contribution in [2.75, 3.05) is 0 Å². The van der Waals surface area contributed by atoms with Gasteiger partial charge < -0.3 is 19.5 Å². The van der Waals surface area contributed by atoms with E-state index in [4.69, 9.17) is 14.2 Å². The first-order valence-corrected chi connectivity index (χ1v) is 8.62. The van der Waals surface area contributed by atoms with E-state index in [-0.39, 0.29) is 18.8 Å². The van der Waals surface area contributed by atoms with Crippen LogP contribution < -0.4 is 5.32 Å². The molecule has 8 heteroatoms. The normalized spacial score (nSPS) is 29.3. The van der Waals surface area contributed by atoms with Crippen molar-refractivity contribution >= 4 is 6.09 Å². The third kappa shape index (κ3) is 4.29. The summed E-state index contributed by atoms with van der Waals surface area (Å²) < 4.78 is 54.7. The van der Waals surface area contributed by atoms with Crippen molar-refractivity contribution in [3.05, 3.63) is 35.4 Å². The summed E-state index contributed by atoms with van der Waals surface area (Å²) in [5.41, 5.74) is -0.179. The van der Waals surface area contributed by atoms with Gasteiger partial charge in [-0.05, 0) is 44.4 Å². The topological polar surface area (TPSA) is 56.8 Å². The van der Waals surface area contributed by atoms with E-state index in [1.54, 1.807) is 6.92 Å². The summed E-state index contributed by atoms with van der Waals surface area (Å²) in [6, 6.07) is 4.61. The molecule has 2 fully saturated rings. The molecular formula is C18H22F3NO4. The highest BCUT2D eigenvalue weighted by molar-refractivity contribution is 5.67. The number of alkyl halides is 3. The van der Waals surface area contributed by atoms with Crippen LogP contribution in [0.1, 0.15) is 44.2 Å². The molecule has 2 heterocycles. The second-order valence-electron chi connectivity index (χ2n) is 6.92. The molecule has 1 amide bonds. The molecular weight excluding hydrogens is 351 g/mol. The van der Waals surface area contributed by atoms with Crippen LogP contribution in [-0.4, -0.2) is 30.2 Å². The number of halogens is 3. The van der Waals surface area contributed by atoms with Crippen molar-refractivity contribution in [3.63, 3.8) is 0 Å². The lowest BCUT2D eigenvalue weighted by Crippen LogP contribution is -2.38. The second kappa shape index (κ2) is 7.08. The summed E-state index contributed by atoms with van der Waals surface area (Å²) in [6.45, 7) is 3.71. The number of rotatable bonds is 4. The van der Waals surface area contributed by atoms with Crippen LogP contribution in [0.4, 0.5) is 18.0 Å². The first-order valence-electron chi connectivity index (χ1n) is 8.62. The quantitative estimate of drug-likeness (QED) is 0.867. The predicted molar refractivity (Wildman–Crippen MR) is 86.2 cm³/mol. The number of amides is 1. The zero-order valence-electron chi connectivity index (χ0n) is 14.6. The molecule has 0 spiro atoms. The Hall–Kier alpha value is -1.80. The standard InChI is InChI=1S/C18H22F3NO4/c1-11(15-14-4-3-9-17(2,25-14)26-15)24-16(23)22-10-12-5-7-13(8-6-12)18(19,20)21/h5-8,11,14-15H,3-4,9-10H2,1-2H3,(H,22,23)/t11?,14?,15?,17-/m0/s1. The first kappa shape index (κ1) is 19.0. The van der Waals surface area contributed by atoms with Gasteiger partial charge in [0.2, 0.25) is 0 Å². The summed E-state index contributed by atoms with van der Waals surface area (Å²) in [6.07, 6.45) is -3.25. The van der Waals surface area contributed by atoms with Gasteiger partial charge in [-0.2, -0.15) is 13.2 Å². The molecule has 0 saturated carbocycles. The third-order valence-corrected chi connectivity index (χ3v) is 4.75. The van der Waals surface area contributed by atoms with Gasteiger partial charge in [0.1, 0.15) is 12.2 Å². The van der Waals surface area contributed by atoms with Crippen LogP contribution in [0.3, 0.4) is 0 Å². The van der Waals surface area contributed by atoms with Gasteiger partial charge in [0.15, 0.2) is 5.79 Å². The number of ether oxygens (including phenoxy) is 3. The summed E-state index contributed by atoms with van der Waals surface area (Å²) >= 11 is 0. The molecule has 0 aliphatic carbocycles. The van der Waals surface area contributed by atoms with E-state index < -0.39 is 29.7 Å². The molecule has 1 aromatic carbocycles. The molecule has 3 unspecified atom stereocenters. The first-order chi connectivity index (χ1) is 12.2. The van der Waals surface area contributed by atoms with Crippen molar-refractivity contribution in [3.8, 4) is 0 Å². The average Bonchev–Trinajstić information content (AvgIpc) is 2.81. The summed E-state index contributed by atoms with van der Waals surface area (Å²) in [7, 11) is 0. The molecule has 1 aromatic rings. The number of carbonyl (C=O) groups is 1. The minimum absolute atomic E-state index is 0.0762. The zero-order valence-corrected chi connectivity index (χ0v) is 14.6. The van der Waals surface area contributed by atoms with E-state index in [1.165, 1.54) is 12.1 Å². The van der Waals surface area contributed by atoms with E-state index in [9.17, 15) is 18.0 Å². The zero-order chi connectivity index (χ0) is 18.9. The van der Waals surface area contributed by atoms with Crippen LogP contribution in [-0.2, 0) is 26.9 Å². The molecule has 2 bridgehead atoms. The van der Waals surface area contributed by atoms with Gasteiger partial charge >= 0.3 is 12.3 Å². The highest BCUT2D eigenvalue weighted by Crippen LogP contribution is 2.41. The molecule has 2 aliphatic rings. The van der Waals surface area contributed by atoms with E-state index in [1.807, 2.05) is 6.92 Å². The average molecular weight is 373 g/mol. The van der Waals surface area contributed by atoms with Crippen molar-refractivity contribution < 1.29 is 32.2 Å². The molecule has 26 heavy (non-hydrogen) atoms. The Balaban J connectivity index is 1.48. The Kier molecular flexibility index (Phi) is 5.16. The number of hydrogen-bond donors (Lipinski definition) is 1. The highest BCUT2D eigenvalue weighted by atomic mass is 19.4. The Morgan fingerprint density at radius 3 is 2.65 bits per heavy atom. The lowest BCUT2D eigenvalue weighted by atomic mass is 10.0. The minimum Gasteiger partial charge on any atom is -0.444 e. The van der Waals surface area contributed by atoms with Crippen molar-refractivity contribution in [2.24, 2.45) is 0 Å². The molecule has 144 valence electrons. The van der Waals surface area contributed by atoms with E-state index in [2.05, 4.69) is 5.32 Å². The fraction of sp³-hybridized carbons (Fsp3) is 0.611. The van der Waals surface area contributed by atoms with Gasteiger partial charge in [0, 0.05) is 13.0 Å². The van der Waals surface area contributed by atoms with Gasteiger partial charge in [-0.3, -0.25) is 0 Å². The minimum atomic E-state index is -4.38. The maximum absolute atomic E-state index is 12.5. The lowest BCUT2D eigenvalue weighted by molar-refractivity contribution is -0.183. The number of alkyl carbamates (subject to hydrolysis) is 1. The van der Waals surface area contributed by atoms with Crippen LogP contribution in [0.15, 0.2) is 24.3 Å². The van der Waals surface area contributed by atoms with Crippen LogP contribution in [0.2, 0.25) is 0 Å². The summed E-state index contributed by atoms with van der Waals surface area (Å²) in [5.74, 6) is -0.609. The Bertz CT molecular complexity index is 649. The van der Waals surface area contributed by atoms with Gasteiger partial charge in [0.05, 0.1) is 11.7 Å². The fourth-order valence-corrected chi connectivity index (χ4v) is 3.41. The highest BCUT2D eigenvalue weighted by Gasteiger charge is 2.49. The van der Waals surface area contributed by atoms with Crippen LogP contribution in [0, 0.1) is 0 Å². The Morgan fingerprint density at radius 2 is 2.04 bits per heavy atom. The fourth-order valence-electron chi connectivity index (χ4n) is 3.41. The second-order valence-corrected chi connectivity index (χ2v) is 6.92. The van der Waals surface area contributed by atoms with E-state index in [0.717, 1.165) is 31.4 Å². The molecule has 5 nitrogen and oxygen atoms in total. The van der Waals surface area contributed by atoms with E-state index >= 15 is 0 Å². The number of nitrogens with one attached hydrogen (secondary N) is 1. The van der Waals surface area contributed by atoms with Gasteiger partial charge in [-0.1, -0.05) is 12.1 Å². The number of benzene rings is 1. The maximum Gasteiger partial charge on any atom is 0.416 e. The molecule has 2 aliphatic heterocycles. The molecule has 0 aromatic heterocycles.